The summed E-state index contributed by atoms with van der Waals surface area (Å²) in [6, 6.07) is 0. The number of hydrogen-bond acceptors (Lipinski definition) is 6. The lowest BCUT2D eigenvalue weighted by Crippen LogP contribution is -2.26. The van der Waals surface area contributed by atoms with Gasteiger partial charge in [-0.2, -0.15) is 0 Å². The van der Waals surface area contributed by atoms with Crippen LogP contribution in [0.1, 0.15) is 20.8 Å². The molecule has 0 aliphatic heterocycles. The van der Waals surface area contributed by atoms with E-state index in [4.69, 9.17) is 14.9 Å². The van der Waals surface area contributed by atoms with Crippen LogP contribution in [0.4, 0.5) is 0 Å². The number of ether oxygens (including phenoxy) is 2. The van der Waals surface area contributed by atoms with Crippen molar-refractivity contribution in [3.8, 4) is 5.75 Å². The summed E-state index contributed by atoms with van der Waals surface area (Å²) in [5.41, 5.74) is -1.73. The predicted octanol–water partition coefficient (Wildman–Crippen LogP) is -0.666. The minimum atomic E-state index is -1.45. The summed E-state index contributed by atoms with van der Waals surface area (Å²) >= 11 is 0. The number of esters is 1. The predicted molar refractivity (Wildman–Crippen MR) is 62.6 cm³/mol. The number of carboxylic acid groups (broad SMARTS) is 1. The van der Waals surface area contributed by atoms with Crippen LogP contribution in [0.25, 0.3) is 0 Å². The second kappa shape index (κ2) is 6.01. The third-order valence-electron chi connectivity index (χ3n) is 2.39. The van der Waals surface area contributed by atoms with Gasteiger partial charge in [-0.15, -0.1) is 0 Å². The van der Waals surface area contributed by atoms with E-state index in [-0.39, 0.29) is 18.8 Å². The van der Waals surface area contributed by atoms with Gasteiger partial charge in [0.1, 0.15) is 5.56 Å². The van der Waals surface area contributed by atoms with Crippen LogP contribution in [-0.2, 0) is 11.3 Å². The molecule has 1 rings (SSSR count). The minimum Gasteiger partial charge on any atom is -0.491 e. The molecule has 0 bridgehead atoms. The quantitative estimate of drug-likeness (QED) is 0.682. The van der Waals surface area contributed by atoms with Gasteiger partial charge in [-0.3, -0.25) is 4.79 Å². The lowest BCUT2D eigenvalue weighted by atomic mass is 10.2. The molecule has 1 heterocycles. The number of aromatic nitrogens is 1. The smallest absolute Gasteiger partial charge is 0.358 e. The van der Waals surface area contributed by atoms with Crippen molar-refractivity contribution in [1.29, 1.82) is 0 Å². The van der Waals surface area contributed by atoms with Crippen molar-refractivity contribution in [2.45, 2.75) is 6.54 Å². The van der Waals surface area contributed by atoms with Gasteiger partial charge in [0.25, 0.3) is 0 Å². The van der Waals surface area contributed by atoms with Crippen molar-refractivity contribution in [1.82, 2.24) is 4.57 Å². The van der Waals surface area contributed by atoms with E-state index in [2.05, 4.69) is 4.74 Å². The highest BCUT2D eigenvalue weighted by Gasteiger charge is 2.25. The van der Waals surface area contributed by atoms with Gasteiger partial charge in [-0.1, -0.05) is 0 Å². The standard InChI is InChI=1S/C11H13NO7/c1-18-9-7(11(17)19-2)12(3-4-13)5-6(8(9)14)10(15)16/h5,13H,3-4H2,1-2H3,(H,15,16). The number of carbonyl (C=O) groups is 2. The Balaban J connectivity index is 3.68. The molecule has 0 amide bonds. The fourth-order valence-electron chi connectivity index (χ4n) is 1.57. The molecule has 0 aromatic carbocycles. The summed E-state index contributed by atoms with van der Waals surface area (Å²) in [6.45, 7) is -0.434. The van der Waals surface area contributed by atoms with Gasteiger partial charge in [0.15, 0.2) is 11.4 Å². The molecule has 0 spiro atoms. The van der Waals surface area contributed by atoms with E-state index in [1.54, 1.807) is 0 Å². The van der Waals surface area contributed by atoms with Crippen molar-refractivity contribution in [2.75, 3.05) is 20.8 Å². The SMILES string of the molecule is COC(=O)c1c(OC)c(=O)c(C(=O)O)cn1CCO. The van der Waals surface area contributed by atoms with E-state index in [1.807, 2.05) is 0 Å². The van der Waals surface area contributed by atoms with Gasteiger partial charge in [0.05, 0.1) is 20.8 Å². The number of aliphatic hydroxyl groups is 1. The molecule has 1 aromatic rings. The summed E-state index contributed by atoms with van der Waals surface area (Å²) in [7, 11) is 2.25. The Kier molecular flexibility index (Phi) is 4.65. The van der Waals surface area contributed by atoms with Gasteiger partial charge in [-0.05, 0) is 0 Å². The molecule has 0 aliphatic carbocycles. The summed E-state index contributed by atoms with van der Waals surface area (Å²) < 4.78 is 10.4. The number of carbonyl (C=O) groups excluding carboxylic acids is 1. The first kappa shape index (κ1) is 14.7. The van der Waals surface area contributed by atoms with Crippen molar-refractivity contribution in [3.05, 3.63) is 27.7 Å². The number of rotatable bonds is 5. The van der Waals surface area contributed by atoms with Crippen LogP contribution in [0, 0.1) is 0 Å². The summed E-state index contributed by atoms with van der Waals surface area (Å²) in [4.78, 5) is 34.4. The fraction of sp³-hybridized carbons (Fsp3) is 0.364. The molecule has 1 aromatic heterocycles. The summed E-state index contributed by atoms with van der Waals surface area (Å²) in [6.07, 6.45) is 0.968. The highest BCUT2D eigenvalue weighted by atomic mass is 16.5. The fourth-order valence-corrected chi connectivity index (χ4v) is 1.57. The lowest BCUT2D eigenvalue weighted by Gasteiger charge is -2.14. The monoisotopic (exact) mass is 271 g/mol. The van der Waals surface area contributed by atoms with E-state index in [9.17, 15) is 14.4 Å². The molecule has 0 radical (unpaired) electrons. The molecule has 8 nitrogen and oxygen atoms in total. The topological polar surface area (TPSA) is 115 Å². The van der Waals surface area contributed by atoms with Crippen LogP contribution in [-0.4, -0.2) is 47.5 Å². The van der Waals surface area contributed by atoms with Crippen LogP contribution in [0.2, 0.25) is 0 Å². The molecule has 0 saturated carbocycles. The molecule has 0 unspecified atom stereocenters. The number of aliphatic hydroxyl groups excluding tert-OH is 1. The van der Waals surface area contributed by atoms with Crippen molar-refractivity contribution in [3.63, 3.8) is 0 Å². The van der Waals surface area contributed by atoms with Crippen LogP contribution < -0.4 is 10.2 Å². The summed E-state index contributed by atoms with van der Waals surface area (Å²) in [5.74, 6) is -2.74. The normalized spacial score (nSPS) is 10.1. The Morgan fingerprint density at radius 1 is 1.37 bits per heavy atom. The highest BCUT2D eigenvalue weighted by molar-refractivity contribution is 5.93. The maximum atomic E-state index is 11.8. The maximum absolute atomic E-state index is 11.8. The Hall–Kier alpha value is -2.35. The zero-order chi connectivity index (χ0) is 14.6. The number of pyridine rings is 1. The average Bonchev–Trinajstić information content (AvgIpc) is 2.38. The molecule has 0 atom stereocenters. The van der Waals surface area contributed by atoms with E-state index in [1.165, 1.54) is 0 Å². The first-order valence-electron chi connectivity index (χ1n) is 5.21. The molecule has 8 heteroatoms. The van der Waals surface area contributed by atoms with Crippen molar-refractivity contribution >= 4 is 11.9 Å². The molecule has 104 valence electrons. The number of methoxy groups -OCH3 is 2. The molecule has 0 aliphatic rings. The zero-order valence-corrected chi connectivity index (χ0v) is 10.4. The van der Waals surface area contributed by atoms with Gasteiger partial charge >= 0.3 is 11.9 Å². The second-order valence-electron chi connectivity index (χ2n) is 3.47. The van der Waals surface area contributed by atoms with Gasteiger partial charge < -0.3 is 24.3 Å². The first-order valence-corrected chi connectivity index (χ1v) is 5.21. The van der Waals surface area contributed by atoms with Gasteiger partial charge in [0.2, 0.25) is 5.43 Å². The van der Waals surface area contributed by atoms with E-state index >= 15 is 0 Å². The molecule has 19 heavy (non-hydrogen) atoms. The number of nitrogens with zero attached hydrogens (tertiary/aromatic N) is 1. The third-order valence-corrected chi connectivity index (χ3v) is 2.39. The Morgan fingerprint density at radius 3 is 2.42 bits per heavy atom. The number of aromatic carboxylic acids is 1. The van der Waals surface area contributed by atoms with Crippen molar-refractivity contribution < 1.29 is 29.3 Å². The second-order valence-corrected chi connectivity index (χ2v) is 3.47. The van der Waals surface area contributed by atoms with Crippen molar-refractivity contribution in [2.24, 2.45) is 0 Å². The molecular weight excluding hydrogens is 258 g/mol. The first-order chi connectivity index (χ1) is 8.97. The molecule has 2 N–H and O–H groups in total. The Morgan fingerprint density at radius 2 is 2.00 bits per heavy atom. The highest BCUT2D eigenvalue weighted by Crippen LogP contribution is 2.16. The van der Waals surface area contributed by atoms with Gasteiger partial charge in [-0.25, -0.2) is 9.59 Å². The van der Waals surface area contributed by atoms with Crippen LogP contribution in [0.3, 0.4) is 0 Å². The van der Waals surface area contributed by atoms with Crippen LogP contribution in [0.15, 0.2) is 11.0 Å². The minimum absolute atomic E-state index is 0.0820. The molecule has 0 saturated heterocycles. The Labute approximate surface area is 107 Å². The number of carboxylic acids is 1. The zero-order valence-electron chi connectivity index (χ0n) is 10.4. The molecular formula is C11H13NO7. The van der Waals surface area contributed by atoms with E-state index < -0.39 is 28.7 Å². The summed E-state index contributed by atoms with van der Waals surface area (Å²) in [5, 5.41) is 17.8. The molecule has 0 fully saturated rings. The van der Waals surface area contributed by atoms with Crippen LogP contribution in [0.5, 0.6) is 5.75 Å². The van der Waals surface area contributed by atoms with E-state index in [0.717, 1.165) is 25.0 Å². The average molecular weight is 271 g/mol. The van der Waals surface area contributed by atoms with Crippen LogP contribution >= 0.6 is 0 Å². The largest absolute Gasteiger partial charge is 0.491 e. The van der Waals surface area contributed by atoms with E-state index in [0.29, 0.717) is 0 Å². The lowest BCUT2D eigenvalue weighted by molar-refractivity contribution is 0.0577. The van der Waals surface area contributed by atoms with Gasteiger partial charge in [0, 0.05) is 12.7 Å². The number of hydrogen-bond donors (Lipinski definition) is 2. The maximum Gasteiger partial charge on any atom is 0.358 e. The third kappa shape index (κ3) is 2.74. The Bertz CT molecular complexity index is 561.